The van der Waals surface area contributed by atoms with E-state index >= 15 is 0 Å². The van der Waals surface area contributed by atoms with Crippen LogP contribution in [-0.2, 0) is 11.3 Å². The summed E-state index contributed by atoms with van der Waals surface area (Å²) in [7, 11) is 1.85. The lowest BCUT2D eigenvalue weighted by Crippen LogP contribution is -2.40. The number of carbonyl (C=O) groups is 1. The van der Waals surface area contributed by atoms with Gasteiger partial charge in [-0.1, -0.05) is 30.3 Å². The lowest BCUT2D eigenvalue weighted by molar-refractivity contribution is 0.0973. The van der Waals surface area contributed by atoms with Crippen molar-refractivity contribution in [2.75, 3.05) is 26.9 Å². The van der Waals surface area contributed by atoms with Crippen LogP contribution in [0.5, 0.6) is 5.75 Å². The van der Waals surface area contributed by atoms with Crippen molar-refractivity contribution in [3.8, 4) is 5.75 Å². The number of nitrogens with one attached hydrogen (secondary N) is 1. The van der Waals surface area contributed by atoms with Gasteiger partial charge in [-0.25, -0.2) is 0 Å². The lowest BCUT2D eigenvalue weighted by atomic mass is 10.2. The van der Waals surface area contributed by atoms with E-state index in [1.807, 2.05) is 49.2 Å². The van der Waals surface area contributed by atoms with Gasteiger partial charge in [0.2, 0.25) is 0 Å². The molecular weight excluding hydrogens is 348 g/mol. The average molecular weight is 372 g/mol. The van der Waals surface area contributed by atoms with Crippen LogP contribution < -0.4 is 10.1 Å². The minimum Gasteiger partial charge on any atom is -0.491 e. The first kappa shape index (κ1) is 19.9. The highest BCUT2D eigenvalue weighted by molar-refractivity contribution is 7.80. The maximum Gasteiger partial charge on any atom is 0.257 e. The van der Waals surface area contributed by atoms with Crippen LogP contribution >= 0.6 is 12.2 Å². The van der Waals surface area contributed by atoms with Crippen LogP contribution in [0.15, 0.2) is 54.6 Å². The third kappa shape index (κ3) is 6.46. The second-order valence-corrected chi connectivity index (χ2v) is 6.06. The zero-order valence-corrected chi connectivity index (χ0v) is 15.9. The Morgan fingerprint density at radius 1 is 1.08 bits per heavy atom. The number of rotatable bonds is 8. The highest BCUT2D eigenvalue weighted by Gasteiger charge is 2.11. The van der Waals surface area contributed by atoms with Gasteiger partial charge in [-0.15, -0.1) is 0 Å². The summed E-state index contributed by atoms with van der Waals surface area (Å²) in [5, 5.41) is 3.14. The fraction of sp³-hybridized carbons (Fsp3) is 0.300. The highest BCUT2D eigenvalue weighted by Crippen LogP contribution is 2.12. The molecule has 0 heterocycles. The van der Waals surface area contributed by atoms with E-state index in [1.165, 1.54) is 0 Å². The summed E-state index contributed by atoms with van der Waals surface area (Å²) in [5.74, 6) is 0.459. The van der Waals surface area contributed by atoms with Crippen molar-refractivity contribution in [2.45, 2.75) is 13.5 Å². The summed E-state index contributed by atoms with van der Waals surface area (Å²) in [6.45, 7) is 4.26. The fourth-order valence-corrected chi connectivity index (χ4v) is 2.42. The van der Waals surface area contributed by atoms with Crippen molar-refractivity contribution in [2.24, 2.45) is 0 Å². The highest BCUT2D eigenvalue weighted by atomic mass is 32.1. The molecule has 2 rings (SSSR count). The Morgan fingerprint density at radius 3 is 2.42 bits per heavy atom. The van der Waals surface area contributed by atoms with Gasteiger partial charge in [0.05, 0.1) is 6.61 Å². The van der Waals surface area contributed by atoms with E-state index in [1.54, 1.807) is 24.3 Å². The molecule has 0 unspecified atom stereocenters. The van der Waals surface area contributed by atoms with Gasteiger partial charge in [-0.05, 0) is 49.0 Å². The molecule has 2 aromatic carbocycles. The summed E-state index contributed by atoms with van der Waals surface area (Å²) in [6, 6.07) is 16.9. The van der Waals surface area contributed by atoms with Crippen LogP contribution in [-0.4, -0.2) is 42.8 Å². The summed E-state index contributed by atoms with van der Waals surface area (Å²) in [6.07, 6.45) is 0. The molecule has 1 N–H and O–H groups in total. The molecule has 1 amide bonds. The number of nitrogens with zero attached hydrogens (tertiary/aromatic N) is 1. The van der Waals surface area contributed by atoms with Crippen LogP contribution in [0, 0.1) is 0 Å². The number of carbonyl (C=O) groups excluding carboxylic acids is 1. The summed E-state index contributed by atoms with van der Waals surface area (Å²) < 4.78 is 10.8. The van der Waals surface area contributed by atoms with Gasteiger partial charge in [0, 0.05) is 25.8 Å². The fourth-order valence-electron chi connectivity index (χ4n) is 2.26. The van der Waals surface area contributed by atoms with Crippen molar-refractivity contribution in [3.63, 3.8) is 0 Å². The molecule has 0 saturated heterocycles. The first-order valence-electron chi connectivity index (χ1n) is 8.51. The van der Waals surface area contributed by atoms with Gasteiger partial charge in [0.15, 0.2) is 5.11 Å². The minimum atomic E-state index is -0.240. The standard InChI is InChI=1S/C20H24N2O3S/c1-3-24-13-14-25-18-11-9-17(10-12-18)19(23)21-20(26)22(2)15-16-7-5-4-6-8-16/h4-12H,3,13-15H2,1-2H3,(H,21,23,26). The summed E-state index contributed by atoms with van der Waals surface area (Å²) in [5.41, 5.74) is 1.65. The van der Waals surface area contributed by atoms with Gasteiger partial charge >= 0.3 is 0 Å². The van der Waals surface area contributed by atoms with Crippen LogP contribution in [0.2, 0.25) is 0 Å². The van der Waals surface area contributed by atoms with Crippen molar-refractivity contribution < 1.29 is 14.3 Å². The summed E-state index contributed by atoms with van der Waals surface area (Å²) >= 11 is 5.32. The molecule has 0 aliphatic rings. The van der Waals surface area contributed by atoms with Crippen molar-refractivity contribution in [1.82, 2.24) is 10.2 Å². The third-order valence-corrected chi connectivity index (χ3v) is 4.06. The molecular formula is C20H24N2O3S. The molecule has 0 bridgehead atoms. The first-order chi connectivity index (χ1) is 12.6. The molecule has 5 nitrogen and oxygen atoms in total. The van der Waals surface area contributed by atoms with Crippen LogP contribution in [0.1, 0.15) is 22.8 Å². The number of ether oxygens (including phenoxy) is 2. The average Bonchev–Trinajstić information content (AvgIpc) is 2.66. The van der Waals surface area contributed by atoms with Crippen LogP contribution in [0.3, 0.4) is 0 Å². The number of hydrogen-bond acceptors (Lipinski definition) is 4. The maximum atomic E-state index is 12.3. The van der Waals surface area contributed by atoms with Crippen LogP contribution in [0.25, 0.3) is 0 Å². The van der Waals surface area contributed by atoms with Gasteiger partial charge in [-0.3, -0.25) is 10.1 Å². The molecule has 138 valence electrons. The topological polar surface area (TPSA) is 50.8 Å². The summed E-state index contributed by atoms with van der Waals surface area (Å²) in [4.78, 5) is 14.2. The Bertz CT molecular complexity index is 705. The largest absolute Gasteiger partial charge is 0.491 e. The van der Waals surface area contributed by atoms with Crippen molar-refractivity contribution in [1.29, 1.82) is 0 Å². The number of amides is 1. The molecule has 0 spiro atoms. The molecule has 0 atom stereocenters. The third-order valence-electron chi connectivity index (χ3n) is 3.65. The Labute approximate surface area is 159 Å². The Morgan fingerprint density at radius 2 is 1.77 bits per heavy atom. The predicted molar refractivity (Wildman–Crippen MR) is 106 cm³/mol. The Balaban J connectivity index is 1.83. The van der Waals surface area contributed by atoms with E-state index in [9.17, 15) is 4.79 Å². The molecule has 0 aliphatic carbocycles. The number of benzene rings is 2. The van der Waals surface area contributed by atoms with Gasteiger partial charge in [0.25, 0.3) is 5.91 Å². The first-order valence-corrected chi connectivity index (χ1v) is 8.92. The lowest BCUT2D eigenvalue weighted by Gasteiger charge is -2.20. The second kappa shape index (κ2) is 10.5. The Hall–Kier alpha value is -2.44. The minimum absolute atomic E-state index is 0.240. The smallest absolute Gasteiger partial charge is 0.257 e. The predicted octanol–water partition coefficient (Wildman–Crippen LogP) is 3.25. The van der Waals surface area contributed by atoms with E-state index in [-0.39, 0.29) is 5.91 Å². The quantitative estimate of drug-likeness (QED) is 0.569. The van der Waals surface area contributed by atoms with Gasteiger partial charge in [-0.2, -0.15) is 0 Å². The van der Waals surface area contributed by atoms with Crippen LogP contribution in [0.4, 0.5) is 0 Å². The Kier molecular flexibility index (Phi) is 8.05. The molecule has 6 heteroatoms. The van der Waals surface area contributed by atoms with E-state index in [2.05, 4.69) is 5.32 Å². The number of hydrogen-bond donors (Lipinski definition) is 1. The molecule has 2 aromatic rings. The maximum absolute atomic E-state index is 12.3. The molecule has 26 heavy (non-hydrogen) atoms. The molecule has 0 fully saturated rings. The van der Waals surface area contributed by atoms with E-state index in [0.29, 0.717) is 42.8 Å². The van der Waals surface area contributed by atoms with Crippen molar-refractivity contribution in [3.05, 3.63) is 65.7 Å². The second-order valence-electron chi connectivity index (χ2n) is 5.67. The zero-order chi connectivity index (χ0) is 18.8. The normalized spacial score (nSPS) is 10.2. The van der Waals surface area contributed by atoms with Crippen molar-refractivity contribution >= 4 is 23.2 Å². The van der Waals surface area contributed by atoms with E-state index < -0.39 is 0 Å². The number of thiocarbonyl (C=S) groups is 1. The molecule has 0 aromatic heterocycles. The van der Waals surface area contributed by atoms with Gasteiger partial charge in [0.1, 0.15) is 12.4 Å². The van der Waals surface area contributed by atoms with E-state index in [0.717, 1.165) is 5.56 Å². The zero-order valence-electron chi connectivity index (χ0n) is 15.1. The van der Waals surface area contributed by atoms with Gasteiger partial charge < -0.3 is 14.4 Å². The monoisotopic (exact) mass is 372 g/mol. The molecule has 0 aliphatic heterocycles. The SMILES string of the molecule is CCOCCOc1ccc(C(=O)NC(=S)N(C)Cc2ccccc2)cc1. The molecule has 0 saturated carbocycles. The van der Waals surface area contributed by atoms with E-state index in [4.69, 9.17) is 21.7 Å². The molecule has 0 radical (unpaired) electrons.